The summed E-state index contributed by atoms with van der Waals surface area (Å²) in [5.41, 5.74) is 1.39. The first-order valence-corrected chi connectivity index (χ1v) is 7.75. The van der Waals surface area contributed by atoms with Gasteiger partial charge in [-0.25, -0.2) is 4.98 Å². The average Bonchev–Trinajstić information content (AvgIpc) is 2.55. The van der Waals surface area contributed by atoms with Gasteiger partial charge in [-0.3, -0.25) is 0 Å². The van der Waals surface area contributed by atoms with E-state index in [0.717, 1.165) is 11.5 Å². The van der Waals surface area contributed by atoms with Gasteiger partial charge in [0.15, 0.2) is 0 Å². The number of benzene rings is 2. The number of halogens is 4. The maximum Gasteiger partial charge on any atom is 0.417 e. The predicted octanol–water partition coefficient (Wildman–Crippen LogP) is 5.97. The van der Waals surface area contributed by atoms with E-state index in [9.17, 15) is 13.2 Å². The molecule has 0 spiro atoms. The summed E-state index contributed by atoms with van der Waals surface area (Å²) in [6.07, 6.45) is -4.52. The van der Waals surface area contributed by atoms with Crippen molar-refractivity contribution >= 4 is 33.9 Å². The SMILES string of the molecule is COc1cccc2c(Nc3ccc(Cl)c(C(F)(F)F)c3)cc(C)nc12. The smallest absolute Gasteiger partial charge is 0.417 e. The Morgan fingerprint density at radius 3 is 2.56 bits per heavy atom. The van der Waals surface area contributed by atoms with Gasteiger partial charge >= 0.3 is 6.18 Å². The number of anilines is 2. The van der Waals surface area contributed by atoms with E-state index < -0.39 is 11.7 Å². The molecule has 0 aliphatic carbocycles. The Labute approximate surface area is 147 Å². The number of aryl methyl sites for hydroxylation is 1. The van der Waals surface area contributed by atoms with E-state index in [1.54, 1.807) is 32.2 Å². The van der Waals surface area contributed by atoms with Gasteiger partial charge in [0.05, 0.1) is 17.7 Å². The molecule has 0 atom stereocenters. The van der Waals surface area contributed by atoms with Crippen LogP contribution >= 0.6 is 11.6 Å². The largest absolute Gasteiger partial charge is 0.494 e. The number of ether oxygens (including phenoxy) is 1. The quantitative estimate of drug-likeness (QED) is 0.620. The van der Waals surface area contributed by atoms with Crippen molar-refractivity contribution in [2.45, 2.75) is 13.1 Å². The number of pyridine rings is 1. The number of aromatic nitrogens is 1. The molecule has 0 aliphatic rings. The molecule has 7 heteroatoms. The fraction of sp³-hybridized carbons (Fsp3) is 0.167. The molecule has 1 aromatic heterocycles. The zero-order valence-electron chi connectivity index (χ0n) is 13.4. The molecule has 0 fully saturated rings. The fourth-order valence-electron chi connectivity index (χ4n) is 2.59. The molecular formula is C18H14ClF3N2O. The van der Waals surface area contributed by atoms with Gasteiger partial charge < -0.3 is 10.1 Å². The molecular weight excluding hydrogens is 353 g/mol. The first-order chi connectivity index (χ1) is 11.8. The van der Waals surface area contributed by atoms with Gasteiger partial charge in [0, 0.05) is 22.5 Å². The van der Waals surface area contributed by atoms with Crippen LogP contribution in [-0.4, -0.2) is 12.1 Å². The van der Waals surface area contributed by atoms with Crippen molar-refractivity contribution in [2.75, 3.05) is 12.4 Å². The normalized spacial score (nSPS) is 11.6. The Balaban J connectivity index is 2.10. The standard InChI is InChI=1S/C18H14ClF3N2O/c1-10-8-15(12-4-3-5-16(25-2)17(12)23-10)24-11-6-7-14(19)13(9-11)18(20,21)22/h3-9H,1-2H3,(H,23,24). The molecule has 3 aromatic rings. The van der Waals surface area contributed by atoms with Gasteiger partial charge in [0.1, 0.15) is 11.3 Å². The van der Waals surface area contributed by atoms with Crippen molar-refractivity contribution in [1.29, 1.82) is 0 Å². The number of fused-ring (bicyclic) bond motifs is 1. The fourth-order valence-corrected chi connectivity index (χ4v) is 2.82. The molecule has 2 aromatic carbocycles. The third kappa shape index (κ3) is 3.49. The summed E-state index contributed by atoms with van der Waals surface area (Å²) < 4.78 is 44.4. The topological polar surface area (TPSA) is 34.1 Å². The van der Waals surface area contributed by atoms with Crippen LogP contribution in [0.4, 0.5) is 24.5 Å². The van der Waals surface area contributed by atoms with Gasteiger partial charge in [-0.1, -0.05) is 23.7 Å². The van der Waals surface area contributed by atoms with Crippen molar-refractivity contribution in [1.82, 2.24) is 4.98 Å². The molecule has 0 bridgehead atoms. The Hall–Kier alpha value is -2.47. The number of hydrogen-bond acceptors (Lipinski definition) is 3. The van der Waals surface area contributed by atoms with Crippen LogP contribution in [0.15, 0.2) is 42.5 Å². The summed E-state index contributed by atoms with van der Waals surface area (Å²) in [5.74, 6) is 0.594. The van der Waals surface area contributed by atoms with Crippen molar-refractivity contribution in [3.05, 3.63) is 58.7 Å². The van der Waals surface area contributed by atoms with E-state index in [-0.39, 0.29) is 10.7 Å². The zero-order chi connectivity index (χ0) is 18.2. The summed E-state index contributed by atoms with van der Waals surface area (Å²) in [5, 5.41) is 3.43. The lowest BCUT2D eigenvalue weighted by molar-refractivity contribution is -0.137. The summed E-state index contributed by atoms with van der Waals surface area (Å²) in [7, 11) is 1.54. The van der Waals surface area contributed by atoms with E-state index in [1.165, 1.54) is 12.1 Å². The lowest BCUT2D eigenvalue weighted by Crippen LogP contribution is -2.06. The van der Waals surface area contributed by atoms with Crippen LogP contribution in [0.5, 0.6) is 5.75 Å². The maximum atomic E-state index is 13.0. The molecule has 3 rings (SSSR count). The lowest BCUT2D eigenvalue weighted by atomic mass is 10.1. The van der Waals surface area contributed by atoms with Crippen molar-refractivity contribution in [2.24, 2.45) is 0 Å². The second-order valence-electron chi connectivity index (χ2n) is 5.49. The van der Waals surface area contributed by atoms with Gasteiger partial charge in [-0.05, 0) is 37.3 Å². The molecule has 25 heavy (non-hydrogen) atoms. The number of nitrogens with zero attached hydrogens (tertiary/aromatic N) is 1. The Kier molecular flexibility index (Phi) is 4.47. The monoisotopic (exact) mass is 366 g/mol. The third-order valence-electron chi connectivity index (χ3n) is 3.70. The Morgan fingerprint density at radius 2 is 1.88 bits per heavy atom. The molecule has 130 valence electrons. The number of methoxy groups -OCH3 is 1. The Morgan fingerprint density at radius 1 is 1.12 bits per heavy atom. The highest BCUT2D eigenvalue weighted by atomic mass is 35.5. The molecule has 1 N–H and O–H groups in total. The molecule has 1 heterocycles. The minimum Gasteiger partial charge on any atom is -0.494 e. The van der Waals surface area contributed by atoms with Crippen LogP contribution < -0.4 is 10.1 Å². The van der Waals surface area contributed by atoms with Crippen LogP contribution in [0.2, 0.25) is 5.02 Å². The highest BCUT2D eigenvalue weighted by molar-refractivity contribution is 6.31. The van der Waals surface area contributed by atoms with E-state index >= 15 is 0 Å². The maximum absolute atomic E-state index is 13.0. The third-order valence-corrected chi connectivity index (χ3v) is 4.03. The van der Waals surface area contributed by atoms with Crippen molar-refractivity contribution < 1.29 is 17.9 Å². The second-order valence-corrected chi connectivity index (χ2v) is 5.89. The van der Waals surface area contributed by atoms with Gasteiger partial charge in [0.25, 0.3) is 0 Å². The molecule has 0 unspecified atom stereocenters. The number of para-hydroxylation sites is 1. The van der Waals surface area contributed by atoms with Gasteiger partial charge in [0.2, 0.25) is 0 Å². The number of alkyl halides is 3. The summed E-state index contributed by atoms with van der Waals surface area (Å²) >= 11 is 5.67. The Bertz CT molecular complexity index is 941. The van der Waals surface area contributed by atoms with E-state index in [2.05, 4.69) is 10.3 Å². The number of hydrogen-bond donors (Lipinski definition) is 1. The summed E-state index contributed by atoms with van der Waals surface area (Å²) in [4.78, 5) is 4.45. The van der Waals surface area contributed by atoms with E-state index in [1.807, 2.05) is 6.07 Å². The molecule has 3 nitrogen and oxygen atoms in total. The minimum atomic E-state index is -4.52. The number of rotatable bonds is 3. The first-order valence-electron chi connectivity index (χ1n) is 7.37. The second kappa shape index (κ2) is 6.44. The van der Waals surface area contributed by atoms with Crippen molar-refractivity contribution in [3.8, 4) is 5.75 Å². The molecule has 0 saturated heterocycles. The van der Waals surface area contributed by atoms with Gasteiger partial charge in [-0.2, -0.15) is 13.2 Å². The lowest BCUT2D eigenvalue weighted by Gasteiger charge is -2.15. The van der Waals surface area contributed by atoms with Crippen LogP contribution in [-0.2, 0) is 6.18 Å². The highest BCUT2D eigenvalue weighted by Gasteiger charge is 2.33. The minimum absolute atomic E-state index is 0.284. The zero-order valence-corrected chi connectivity index (χ0v) is 14.2. The van der Waals surface area contributed by atoms with Crippen LogP contribution in [0.1, 0.15) is 11.3 Å². The molecule has 0 amide bonds. The highest BCUT2D eigenvalue weighted by Crippen LogP contribution is 2.38. The molecule has 0 aliphatic heterocycles. The van der Waals surface area contributed by atoms with Crippen LogP contribution in [0, 0.1) is 6.92 Å². The average molecular weight is 367 g/mol. The first kappa shape index (κ1) is 17.4. The number of nitrogens with one attached hydrogen (secondary N) is 1. The predicted molar refractivity (Wildman–Crippen MR) is 92.8 cm³/mol. The van der Waals surface area contributed by atoms with Crippen molar-refractivity contribution in [3.63, 3.8) is 0 Å². The van der Waals surface area contributed by atoms with E-state index in [4.69, 9.17) is 16.3 Å². The molecule has 0 saturated carbocycles. The summed E-state index contributed by atoms with van der Waals surface area (Å²) in [6.45, 7) is 1.81. The van der Waals surface area contributed by atoms with Gasteiger partial charge in [-0.15, -0.1) is 0 Å². The molecule has 0 radical (unpaired) electrons. The van der Waals surface area contributed by atoms with Crippen LogP contribution in [0.3, 0.4) is 0 Å². The van der Waals surface area contributed by atoms with E-state index in [0.29, 0.717) is 22.6 Å². The van der Waals surface area contributed by atoms with Crippen LogP contribution in [0.25, 0.3) is 10.9 Å². The summed E-state index contributed by atoms with van der Waals surface area (Å²) in [6, 6.07) is 10.9.